The zero-order valence-corrected chi connectivity index (χ0v) is 13.6. The van der Waals surface area contributed by atoms with Crippen LogP contribution in [0, 0.1) is 0 Å². The predicted molar refractivity (Wildman–Crippen MR) is 85.8 cm³/mol. The lowest BCUT2D eigenvalue weighted by molar-refractivity contribution is -0.137. The number of aromatic nitrogens is 1. The van der Waals surface area contributed by atoms with Crippen LogP contribution >= 0.6 is 11.3 Å². The molecule has 3 nitrogen and oxygen atoms in total. The summed E-state index contributed by atoms with van der Waals surface area (Å²) in [6, 6.07) is 5.06. The van der Waals surface area contributed by atoms with Gasteiger partial charge >= 0.3 is 6.18 Å². The molecule has 1 aliphatic rings. The van der Waals surface area contributed by atoms with Crippen molar-refractivity contribution in [1.29, 1.82) is 0 Å². The summed E-state index contributed by atoms with van der Waals surface area (Å²) in [5.74, 6) is 0.612. The van der Waals surface area contributed by atoms with Crippen LogP contribution in [0.4, 0.5) is 19.0 Å². The molecule has 2 aromatic heterocycles. The molecule has 1 aliphatic heterocycles. The predicted octanol–water partition coefficient (Wildman–Crippen LogP) is 4.05. The van der Waals surface area contributed by atoms with Gasteiger partial charge in [0.05, 0.1) is 5.56 Å². The lowest BCUT2D eigenvalue weighted by atomic mass is 10.1. The molecule has 0 bridgehead atoms. The fourth-order valence-electron chi connectivity index (χ4n) is 2.80. The molecule has 124 valence electrons. The molecular formula is C16H18F3N3S. The molecule has 1 saturated heterocycles. The Kier molecular flexibility index (Phi) is 4.59. The number of hydrogen-bond acceptors (Lipinski definition) is 4. The third-order valence-corrected chi connectivity index (χ3v) is 4.99. The molecule has 0 radical (unpaired) electrons. The van der Waals surface area contributed by atoms with Crippen LogP contribution in [0.25, 0.3) is 0 Å². The summed E-state index contributed by atoms with van der Waals surface area (Å²) in [6.45, 7) is 5.48. The molecule has 3 rings (SSSR count). The summed E-state index contributed by atoms with van der Waals surface area (Å²) < 4.78 is 37.7. The molecule has 3 heterocycles. The summed E-state index contributed by atoms with van der Waals surface area (Å²) in [7, 11) is 0. The van der Waals surface area contributed by atoms with E-state index in [1.165, 1.54) is 11.6 Å². The molecule has 7 heteroatoms. The zero-order chi connectivity index (χ0) is 16.4. The van der Waals surface area contributed by atoms with Gasteiger partial charge in [0.1, 0.15) is 5.82 Å². The highest BCUT2D eigenvalue weighted by Gasteiger charge is 2.31. The zero-order valence-electron chi connectivity index (χ0n) is 12.8. The van der Waals surface area contributed by atoms with E-state index in [1.807, 2.05) is 4.90 Å². The van der Waals surface area contributed by atoms with Crippen LogP contribution in [0.15, 0.2) is 35.2 Å². The number of rotatable bonds is 3. The minimum Gasteiger partial charge on any atom is -0.354 e. The molecule has 0 N–H and O–H groups in total. The normalized spacial score (nSPS) is 18.2. The molecule has 1 unspecified atom stereocenters. The Morgan fingerprint density at radius 1 is 1.13 bits per heavy atom. The molecule has 0 amide bonds. The van der Waals surface area contributed by atoms with Crippen molar-refractivity contribution in [2.45, 2.75) is 19.1 Å². The summed E-state index contributed by atoms with van der Waals surface area (Å²) in [4.78, 5) is 8.41. The molecule has 1 fully saturated rings. The van der Waals surface area contributed by atoms with E-state index in [-0.39, 0.29) is 0 Å². The Labute approximate surface area is 137 Å². The van der Waals surface area contributed by atoms with Crippen molar-refractivity contribution in [1.82, 2.24) is 9.88 Å². The van der Waals surface area contributed by atoms with Gasteiger partial charge in [-0.2, -0.15) is 24.5 Å². The first kappa shape index (κ1) is 16.3. The van der Waals surface area contributed by atoms with E-state index in [0.717, 1.165) is 38.4 Å². The first-order valence-electron chi connectivity index (χ1n) is 7.49. The van der Waals surface area contributed by atoms with E-state index < -0.39 is 11.7 Å². The van der Waals surface area contributed by atoms with Gasteiger partial charge in [0.15, 0.2) is 0 Å². The SMILES string of the molecule is CC(c1ccsc1)N1CCN(c2ccc(C(F)(F)F)cn2)CC1. The Hall–Kier alpha value is -1.60. The second-order valence-electron chi connectivity index (χ2n) is 5.66. The second kappa shape index (κ2) is 6.49. The highest BCUT2D eigenvalue weighted by Crippen LogP contribution is 2.30. The van der Waals surface area contributed by atoms with Crippen molar-refractivity contribution in [3.8, 4) is 0 Å². The van der Waals surface area contributed by atoms with Gasteiger partial charge < -0.3 is 4.90 Å². The van der Waals surface area contributed by atoms with E-state index in [1.54, 1.807) is 11.3 Å². The lowest BCUT2D eigenvalue weighted by Crippen LogP contribution is -2.47. The summed E-state index contributed by atoms with van der Waals surface area (Å²) in [6.07, 6.45) is -3.42. The van der Waals surface area contributed by atoms with Gasteiger partial charge in [-0.25, -0.2) is 4.98 Å². The highest BCUT2D eigenvalue weighted by molar-refractivity contribution is 7.07. The number of pyridine rings is 1. The number of thiophene rings is 1. The van der Waals surface area contributed by atoms with Crippen LogP contribution in [0.3, 0.4) is 0 Å². The Morgan fingerprint density at radius 2 is 1.87 bits per heavy atom. The Bertz CT molecular complexity index is 617. The van der Waals surface area contributed by atoms with Crippen LogP contribution in [-0.2, 0) is 6.18 Å². The van der Waals surface area contributed by atoms with E-state index in [2.05, 4.69) is 33.6 Å². The van der Waals surface area contributed by atoms with Crippen LogP contribution < -0.4 is 4.90 Å². The van der Waals surface area contributed by atoms with Crippen LogP contribution in [0.1, 0.15) is 24.1 Å². The van der Waals surface area contributed by atoms with Gasteiger partial charge in [-0.3, -0.25) is 4.90 Å². The van der Waals surface area contributed by atoms with Crippen LogP contribution in [0.5, 0.6) is 0 Å². The third kappa shape index (κ3) is 3.67. The first-order valence-corrected chi connectivity index (χ1v) is 8.44. The van der Waals surface area contributed by atoms with Gasteiger partial charge in [0.2, 0.25) is 0 Å². The fourth-order valence-corrected chi connectivity index (χ4v) is 3.55. The van der Waals surface area contributed by atoms with E-state index in [4.69, 9.17) is 0 Å². The minimum atomic E-state index is -4.33. The van der Waals surface area contributed by atoms with E-state index in [0.29, 0.717) is 11.9 Å². The quantitative estimate of drug-likeness (QED) is 0.840. The highest BCUT2D eigenvalue weighted by atomic mass is 32.1. The number of alkyl halides is 3. The average Bonchev–Trinajstić information content (AvgIpc) is 3.08. The van der Waals surface area contributed by atoms with Crippen LogP contribution in [-0.4, -0.2) is 36.1 Å². The number of anilines is 1. The van der Waals surface area contributed by atoms with Crippen molar-refractivity contribution in [2.75, 3.05) is 31.1 Å². The number of piperazine rings is 1. The van der Waals surface area contributed by atoms with Gasteiger partial charge in [-0.05, 0) is 41.4 Å². The third-order valence-electron chi connectivity index (χ3n) is 4.29. The average molecular weight is 341 g/mol. The first-order chi connectivity index (χ1) is 10.9. The fraction of sp³-hybridized carbons (Fsp3) is 0.438. The van der Waals surface area contributed by atoms with Gasteiger partial charge in [-0.15, -0.1) is 0 Å². The van der Waals surface area contributed by atoms with Gasteiger partial charge in [0, 0.05) is 38.4 Å². The smallest absolute Gasteiger partial charge is 0.354 e. The maximum Gasteiger partial charge on any atom is 0.417 e. The van der Waals surface area contributed by atoms with Crippen LogP contribution in [0.2, 0.25) is 0 Å². The van der Waals surface area contributed by atoms with Crippen molar-refractivity contribution in [3.63, 3.8) is 0 Å². The molecular weight excluding hydrogens is 323 g/mol. The van der Waals surface area contributed by atoms with Crippen molar-refractivity contribution >= 4 is 17.2 Å². The Morgan fingerprint density at radius 3 is 2.39 bits per heavy atom. The molecule has 23 heavy (non-hydrogen) atoms. The van der Waals surface area contributed by atoms with Crippen molar-refractivity contribution in [3.05, 3.63) is 46.3 Å². The number of halogens is 3. The maximum absolute atomic E-state index is 12.6. The Balaban J connectivity index is 1.60. The molecule has 0 aromatic carbocycles. The lowest BCUT2D eigenvalue weighted by Gasteiger charge is -2.38. The summed E-state index contributed by atoms with van der Waals surface area (Å²) in [5, 5.41) is 4.24. The monoisotopic (exact) mass is 341 g/mol. The topological polar surface area (TPSA) is 19.4 Å². The second-order valence-corrected chi connectivity index (χ2v) is 6.44. The molecule has 0 aliphatic carbocycles. The minimum absolute atomic E-state index is 0.365. The maximum atomic E-state index is 12.6. The molecule has 1 atom stereocenters. The van der Waals surface area contributed by atoms with Crippen molar-refractivity contribution in [2.24, 2.45) is 0 Å². The largest absolute Gasteiger partial charge is 0.417 e. The molecule has 0 saturated carbocycles. The summed E-state index contributed by atoms with van der Waals surface area (Å²) in [5.41, 5.74) is 0.613. The summed E-state index contributed by atoms with van der Waals surface area (Å²) >= 11 is 1.69. The standard InChI is InChI=1S/C16H18F3N3S/c1-12(13-4-9-23-11-13)21-5-7-22(8-6-21)15-3-2-14(10-20-15)16(17,18)19/h2-4,9-12H,5-8H2,1H3. The number of hydrogen-bond donors (Lipinski definition) is 0. The molecule has 0 spiro atoms. The van der Waals surface area contributed by atoms with Gasteiger partial charge in [0.25, 0.3) is 0 Å². The van der Waals surface area contributed by atoms with Crippen molar-refractivity contribution < 1.29 is 13.2 Å². The number of nitrogens with zero attached hydrogens (tertiary/aromatic N) is 3. The van der Waals surface area contributed by atoms with E-state index in [9.17, 15) is 13.2 Å². The van der Waals surface area contributed by atoms with E-state index >= 15 is 0 Å². The molecule has 2 aromatic rings. The van der Waals surface area contributed by atoms with Gasteiger partial charge in [-0.1, -0.05) is 0 Å².